The minimum absolute atomic E-state index is 0.614. The van der Waals surface area contributed by atoms with Crippen molar-refractivity contribution in [2.24, 2.45) is 0 Å². The standard InChI is InChI=1S/C11H11N5OS/c1-17-7-4-9-13-14-11-16(9)15-10(18-11)8-2-5-12-6-3-8/h2-3,5-6H,4,7H2,1H3. The lowest BCUT2D eigenvalue weighted by Gasteiger charge is -1.95. The van der Waals surface area contributed by atoms with Gasteiger partial charge in [-0.15, -0.1) is 10.2 Å². The van der Waals surface area contributed by atoms with Crippen molar-refractivity contribution in [2.45, 2.75) is 6.42 Å². The fourth-order valence-corrected chi connectivity index (χ4v) is 2.48. The van der Waals surface area contributed by atoms with Crippen LogP contribution in [0.3, 0.4) is 0 Å². The lowest BCUT2D eigenvalue weighted by Crippen LogP contribution is -2.01. The maximum atomic E-state index is 5.04. The molecule has 0 bridgehead atoms. The predicted molar refractivity (Wildman–Crippen MR) is 67.5 cm³/mol. The van der Waals surface area contributed by atoms with Gasteiger partial charge >= 0.3 is 0 Å². The summed E-state index contributed by atoms with van der Waals surface area (Å²) in [5.74, 6) is 0.823. The summed E-state index contributed by atoms with van der Waals surface area (Å²) >= 11 is 1.51. The van der Waals surface area contributed by atoms with Crippen LogP contribution >= 0.6 is 11.3 Å². The first-order chi connectivity index (χ1) is 8.88. The molecule has 0 aliphatic rings. The molecule has 0 amide bonds. The molecule has 0 spiro atoms. The minimum atomic E-state index is 0.614. The normalized spacial score (nSPS) is 11.2. The van der Waals surface area contributed by atoms with E-state index in [1.54, 1.807) is 24.0 Å². The monoisotopic (exact) mass is 261 g/mol. The van der Waals surface area contributed by atoms with Crippen molar-refractivity contribution in [3.63, 3.8) is 0 Å². The van der Waals surface area contributed by atoms with Crippen LogP contribution in [0, 0.1) is 0 Å². The summed E-state index contributed by atoms with van der Waals surface area (Å²) in [6, 6.07) is 3.86. The van der Waals surface area contributed by atoms with Crippen molar-refractivity contribution in [3.05, 3.63) is 30.4 Å². The summed E-state index contributed by atoms with van der Waals surface area (Å²) in [5, 5.41) is 13.7. The Bertz CT molecular complexity index is 648. The maximum Gasteiger partial charge on any atom is 0.234 e. The zero-order valence-electron chi connectivity index (χ0n) is 9.78. The highest BCUT2D eigenvalue weighted by molar-refractivity contribution is 7.19. The van der Waals surface area contributed by atoms with Crippen molar-refractivity contribution in [2.75, 3.05) is 13.7 Å². The number of rotatable bonds is 4. The molecule has 3 aromatic rings. The highest BCUT2D eigenvalue weighted by Crippen LogP contribution is 2.24. The number of hydrogen-bond acceptors (Lipinski definition) is 6. The Morgan fingerprint density at radius 1 is 1.28 bits per heavy atom. The van der Waals surface area contributed by atoms with Gasteiger partial charge in [-0.2, -0.15) is 9.61 Å². The van der Waals surface area contributed by atoms with E-state index in [0.717, 1.165) is 21.4 Å². The van der Waals surface area contributed by atoms with Gasteiger partial charge in [0.1, 0.15) is 5.01 Å². The van der Waals surface area contributed by atoms with Gasteiger partial charge < -0.3 is 4.74 Å². The molecule has 0 atom stereocenters. The van der Waals surface area contributed by atoms with E-state index in [4.69, 9.17) is 4.74 Å². The van der Waals surface area contributed by atoms with E-state index in [0.29, 0.717) is 13.0 Å². The highest BCUT2D eigenvalue weighted by atomic mass is 32.1. The van der Waals surface area contributed by atoms with Crippen LogP contribution in [0.5, 0.6) is 0 Å². The Labute approximate surface area is 107 Å². The van der Waals surface area contributed by atoms with E-state index in [-0.39, 0.29) is 0 Å². The zero-order valence-corrected chi connectivity index (χ0v) is 10.6. The van der Waals surface area contributed by atoms with Crippen LogP contribution < -0.4 is 0 Å². The minimum Gasteiger partial charge on any atom is -0.384 e. The zero-order chi connectivity index (χ0) is 12.4. The molecule has 6 nitrogen and oxygen atoms in total. The van der Waals surface area contributed by atoms with Crippen LogP contribution in [-0.4, -0.2) is 38.5 Å². The van der Waals surface area contributed by atoms with Crippen LogP contribution in [0.25, 0.3) is 15.5 Å². The Morgan fingerprint density at radius 3 is 2.89 bits per heavy atom. The molecule has 92 valence electrons. The molecule has 3 heterocycles. The van der Waals surface area contributed by atoms with E-state index in [9.17, 15) is 0 Å². The Hall–Kier alpha value is -1.86. The Morgan fingerprint density at radius 2 is 2.11 bits per heavy atom. The predicted octanol–water partition coefficient (Wildman–Crippen LogP) is 1.44. The molecule has 18 heavy (non-hydrogen) atoms. The number of aromatic nitrogens is 5. The number of nitrogens with zero attached hydrogens (tertiary/aromatic N) is 5. The summed E-state index contributed by atoms with van der Waals surface area (Å²) in [7, 11) is 1.67. The van der Waals surface area contributed by atoms with Gasteiger partial charge in [0.2, 0.25) is 4.96 Å². The molecule has 0 radical (unpaired) electrons. The van der Waals surface area contributed by atoms with Crippen molar-refractivity contribution in [1.82, 2.24) is 24.8 Å². The van der Waals surface area contributed by atoms with Crippen LogP contribution in [0.1, 0.15) is 5.82 Å². The van der Waals surface area contributed by atoms with Gasteiger partial charge in [0.15, 0.2) is 5.82 Å². The summed E-state index contributed by atoms with van der Waals surface area (Å²) in [4.78, 5) is 4.80. The van der Waals surface area contributed by atoms with Crippen LogP contribution in [0.15, 0.2) is 24.5 Å². The van der Waals surface area contributed by atoms with Crippen LogP contribution in [0.2, 0.25) is 0 Å². The fourth-order valence-electron chi connectivity index (χ4n) is 1.62. The number of methoxy groups -OCH3 is 1. The lowest BCUT2D eigenvalue weighted by molar-refractivity contribution is 0.200. The highest BCUT2D eigenvalue weighted by Gasteiger charge is 2.12. The first-order valence-corrected chi connectivity index (χ1v) is 6.30. The quantitative estimate of drug-likeness (QED) is 0.711. The molecule has 7 heteroatoms. The molecule has 0 fully saturated rings. The molecule has 0 saturated heterocycles. The topological polar surface area (TPSA) is 65.2 Å². The molecule has 0 aromatic carbocycles. The van der Waals surface area contributed by atoms with Gasteiger partial charge in [-0.3, -0.25) is 4.98 Å². The average Bonchev–Trinajstić information content (AvgIpc) is 2.98. The van der Waals surface area contributed by atoms with E-state index in [1.807, 2.05) is 12.1 Å². The summed E-state index contributed by atoms with van der Waals surface area (Å²) in [5.41, 5.74) is 1.04. The van der Waals surface area contributed by atoms with Gasteiger partial charge in [-0.05, 0) is 12.1 Å². The van der Waals surface area contributed by atoms with E-state index < -0.39 is 0 Å². The first kappa shape index (κ1) is 11.2. The summed E-state index contributed by atoms with van der Waals surface area (Å²) in [6.07, 6.45) is 4.21. The van der Waals surface area contributed by atoms with Gasteiger partial charge in [-0.1, -0.05) is 11.3 Å². The van der Waals surface area contributed by atoms with Crippen molar-refractivity contribution >= 4 is 16.3 Å². The molecular formula is C11H11N5OS. The van der Waals surface area contributed by atoms with Crippen molar-refractivity contribution in [1.29, 1.82) is 0 Å². The van der Waals surface area contributed by atoms with Crippen LogP contribution in [0.4, 0.5) is 0 Å². The van der Waals surface area contributed by atoms with E-state index >= 15 is 0 Å². The van der Waals surface area contributed by atoms with Crippen LogP contribution in [-0.2, 0) is 11.2 Å². The molecule has 0 unspecified atom stereocenters. The SMILES string of the molecule is COCCc1nnc2sc(-c3ccncc3)nn12. The smallest absolute Gasteiger partial charge is 0.234 e. The largest absolute Gasteiger partial charge is 0.384 e. The third kappa shape index (κ3) is 1.98. The third-order valence-electron chi connectivity index (χ3n) is 2.51. The molecule has 3 rings (SSSR count). The number of hydrogen-bond donors (Lipinski definition) is 0. The van der Waals surface area contributed by atoms with E-state index in [1.165, 1.54) is 11.3 Å². The molecule has 0 saturated carbocycles. The number of pyridine rings is 1. The Balaban J connectivity index is 1.99. The maximum absolute atomic E-state index is 5.04. The van der Waals surface area contributed by atoms with Gasteiger partial charge in [-0.25, -0.2) is 0 Å². The lowest BCUT2D eigenvalue weighted by atomic mass is 10.3. The van der Waals surface area contributed by atoms with Crippen molar-refractivity contribution < 1.29 is 4.74 Å². The summed E-state index contributed by atoms with van der Waals surface area (Å²) in [6.45, 7) is 0.614. The Kier molecular flexibility index (Phi) is 2.99. The summed E-state index contributed by atoms with van der Waals surface area (Å²) < 4.78 is 6.82. The fraction of sp³-hybridized carbons (Fsp3) is 0.273. The van der Waals surface area contributed by atoms with E-state index in [2.05, 4.69) is 20.3 Å². The number of fused-ring (bicyclic) bond motifs is 1. The van der Waals surface area contributed by atoms with Gasteiger partial charge in [0.25, 0.3) is 0 Å². The molecule has 0 aliphatic carbocycles. The third-order valence-corrected chi connectivity index (χ3v) is 3.46. The molecule has 0 aliphatic heterocycles. The van der Waals surface area contributed by atoms with Crippen molar-refractivity contribution in [3.8, 4) is 10.6 Å². The second kappa shape index (κ2) is 4.79. The van der Waals surface area contributed by atoms with Gasteiger partial charge in [0, 0.05) is 31.5 Å². The average molecular weight is 261 g/mol. The second-order valence-electron chi connectivity index (χ2n) is 3.70. The first-order valence-electron chi connectivity index (χ1n) is 5.49. The number of ether oxygens (including phenoxy) is 1. The molecule has 0 N–H and O–H groups in total. The van der Waals surface area contributed by atoms with Gasteiger partial charge in [0.05, 0.1) is 6.61 Å². The molecule has 3 aromatic heterocycles. The second-order valence-corrected chi connectivity index (χ2v) is 4.65. The molecular weight excluding hydrogens is 250 g/mol.